The molecular weight excluding hydrogens is 219 g/mol. The first-order chi connectivity index (χ1) is 8.11. The summed E-state index contributed by atoms with van der Waals surface area (Å²) in [6.45, 7) is 2.93. The number of halogens is 1. The van der Waals surface area contributed by atoms with Gasteiger partial charge in [-0.25, -0.2) is 4.39 Å². The van der Waals surface area contributed by atoms with Gasteiger partial charge in [0.2, 0.25) is 0 Å². The number of hydrogen-bond acceptors (Lipinski definition) is 3. The van der Waals surface area contributed by atoms with Gasteiger partial charge in [0.1, 0.15) is 5.82 Å². The summed E-state index contributed by atoms with van der Waals surface area (Å²) in [6.07, 6.45) is 0.794. The summed E-state index contributed by atoms with van der Waals surface area (Å²) in [5.74, 6) is -0.239. The van der Waals surface area contributed by atoms with Gasteiger partial charge in [-0.05, 0) is 18.6 Å². The van der Waals surface area contributed by atoms with Crippen LogP contribution in [0.25, 0.3) is 0 Å². The fourth-order valence-electron chi connectivity index (χ4n) is 2.02. The molecule has 1 atom stereocenters. The normalized spacial score (nSPS) is 14.4. The summed E-state index contributed by atoms with van der Waals surface area (Å²) in [6, 6.07) is 6.71. The molecule has 1 rings (SSSR count). The molecule has 0 saturated heterocycles. The highest BCUT2D eigenvalue weighted by Crippen LogP contribution is 2.27. The van der Waals surface area contributed by atoms with Crippen molar-refractivity contribution in [3.63, 3.8) is 0 Å². The highest BCUT2D eigenvalue weighted by molar-refractivity contribution is 5.49. The van der Waals surface area contributed by atoms with Gasteiger partial charge in [0.15, 0.2) is 0 Å². The minimum atomic E-state index is -0.364. The van der Waals surface area contributed by atoms with Gasteiger partial charge < -0.3 is 15.4 Å². The number of hydrogen-bond donors (Lipinski definition) is 1. The molecule has 1 unspecified atom stereocenters. The lowest BCUT2D eigenvalue weighted by atomic mass is 9.94. The van der Waals surface area contributed by atoms with Crippen LogP contribution >= 0.6 is 0 Å². The molecule has 1 aromatic carbocycles. The van der Waals surface area contributed by atoms with E-state index < -0.39 is 0 Å². The highest BCUT2D eigenvalue weighted by atomic mass is 19.1. The predicted molar refractivity (Wildman–Crippen MR) is 68.8 cm³/mol. The van der Waals surface area contributed by atoms with E-state index in [1.54, 1.807) is 19.2 Å². The maximum absolute atomic E-state index is 13.8. The molecule has 0 fully saturated rings. The molecular formula is C13H21FN2O. The van der Waals surface area contributed by atoms with Gasteiger partial charge in [-0.2, -0.15) is 0 Å². The highest BCUT2D eigenvalue weighted by Gasteiger charge is 2.32. The minimum Gasteiger partial charge on any atom is -0.382 e. The molecule has 4 heteroatoms. The smallest absolute Gasteiger partial charge is 0.146 e. The molecule has 3 nitrogen and oxygen atoms in total. The number of para-hydroxylation sites is 1. The first-order valence-electron chi connectivity index (χ1n) is 5.78. The second-order valence-electron chi connectivity index (χ2n) is 4.23. The molecule has 0 radical (unpaired) electrons. The first-order valence-corrected chi connectivity index (χ1v) is 5.78. The van der Waals surface area contributed by atoms with E-state index in [0.29, 0.717) is 18.8 Å². The van der Waals surface area contributed by atoms with Crippen LogP contribution in [0.15, 0.2) is 24.3 Å². The molecule has 0 aliphatic rings. The minimum absolute atomic E-state index is 0.239. The summed E-state index contributed by atoms with van der Waals surface area (Å²) in [5, 5.41) is 0. The summed E-state index contributed by atoms with van der Waals surface area (Å²) < 4.78 is 19.0. The zero-order valence-electron chi connectivity index (χ0n) is 10.7. The Hall–Kier alpha value is -1.13. The topological polar surface area (TPSA) is 38.5 Å². The molecule has 0 aliphatic carbocycles. The number of nitrogens with two attached hydrogens (primary N) is 1. The monoisotopic (exact) mass is 240 g/mol. The Bertz CT molecular complexity index is 353. The van der Waals surface area contributed by atoms with E-state index in [1.807, 2.05) is 24.9 Å². The summed E-state index contributed by atoms with van der Waals surface area (Å²) in [4.78, 5) is 1.88. The Morgan fingerprint density at radius 3 is 2.53 bits per heavy atom. The Labute approximate surface area is 102 Å². The van der Waals surface area contributed by atoms with Crippen molar-refractivity contribution >= 4 is 5.69 Å². The molecule has 0 heterocycles. The van der Waals surface area contributed by atoms with Gasteiger partial charge in [0.25, 0.3) is 0 Å². The van der Waals surface area contributed by atoms with Crippen molar-refractivity contribution in [3.8, 4) is 0 Å². The van der Waals surface area contributed by atoms with Crippen molar-refractivity contribution in [2.24, 2.45) is 5.73 Å². The number of anilines is 1. The van der Waals surface area contributed by atoms with Crippen LogP contribution in [0.3, 0.4) is 0 Å². The standard InChI is InChI=1S/C13H21FN2O/c1-4-13(9-15,10-17-3)16(2)12-8-6-5-7-11(12)14/h5-8H,4,9-10,15H2,1-3H3. The fraction of sp³-hybridized carbons (Fsp3) is 0.538. The Balaban J connectivity index is 3.07. The van der Waals surface area contributed by atoms with Crippen molar-refractivity contribution < 1.29 is 9.13 Å². The van der Waals surface area contributed by atoms with Gasteiger partial charge in [-0.1, -0.05) is 19.1 Å². The third-order valence-corrected chi connectivity index (χ3v) is 3.38. The van der Waals surface area contributed by atoms with Gasteiger partial charge >= 0.3 is 0 Å². The van der Waals surface area contributed by atoms with Crippen LogP contribution in [0.2, 0.25) is 0 Å². The fourth-order valence-corrected chi connectivity index (χ4v) is 2.02. The van der Waals surface area contributed by atoms with E-state index >= 15 is 0 Å². The van der Waals surface area contributed by atoms with E-state index in [1.165, 1.54) is 6.07 Å². The Morgan fingerprint density at radius 1 is 1.41 bits per heavy atom. The molecule has 0 aromatic heterocycles. The van der Waals surface area contributed by atoms with Crippen molar-refractivity contribution in [2.75, 3.05) is 32.2 Å². The number of rotatable bonds is 6. The summed E-state index contributed by atoms with van der Waals surface area (Å²) in [7, 11) is 3.49. The van der Waals surface area contributed by atoms with Gasteiger partial charge in [-0.3, -0.25) is 0 Å². The summed E-state index contributed by atoms with van der Waals surface area (Å²) >= 11 is 0. The Kier molecular flexibility index (Phi) is 4.90. The van der Waals surface area contributed by atoms with Crippen molar-refractivity contribution in [1.82, 2.24) is 0 Å². The van der Waals surface area contributed by atoms with E-state index in [9.17, 15) is 4.39 Å². The SMILES string of the molecule is CCC(CN)(COC)N(C)c1ccccc1F. The van der Waals surface area contributed by atoms with Crippen LogP contribution in [0, 0.1) is 5.82 Å². The number of nitrogens with zero attached hydrogens (tertiary/aromatic N) is 1. The predicted octanol–water partition coefficient (Wildman–Crippen LogP) is 2.02. The molecule has 0 spiro atoms. The molecule has 0 aliphatic heterocycles. The van der Waals surface area contributed by atoms with Crippen molar-refractivity contribution in [1.29, 1.82) is 0 Å². The average Bonchev–Trinajstić information content (AvgIpc) is 2.36. The van der Waals surface area contributed by atoms with Gasteiger partial charge in [-0.15, -0.1) is 0 Å². The van der Waals surface area contributed by atoms with Crippen LogP contribution in [0.1, 0.15) is 13.3 Å². The maximum Gasteiger partial charge on any atom is 0.146 e. The molecule has 0 amide bonds. The van der Waals surface area contributed by atoms with Crippen molar-refractivity contribution in [3.05, 3.63) is 30.1 Å². The van der Waals surface area contributed by atoms with Crippen molar-refractivity contribution in [2.45, 2.75) is 18.9 Å². The molecule has 17 heavy (non-hydrogen) atoms. The van der Waals surface area contributed by atoms with E-state index in [-0.39, 0.29) is 11.4 Å². The maximum atomic E-state index is 13.8. The summed E-state index contributed by atoms with van der Waals surface area (Å²) in [5.41, 5.74) is 6.04. The quantitative estimate of drug-likeness (QED) is 0.826. The Morgan fingerprint density at radius 2 is 2.06 bits per heavy atom. The second-order valence-corrected chi connectivity index (χ2v) is 4.23. The lowest BCUT2D eigenvalue weighted by Gasteiger charge is -2.41. The zero-order valence-corrected chi connectivity index (χ0v) is 10.7. The third kappa shape index (κ3) is 2.76. The molecule has 1 aromatic rings. The van der Waals surface area contributed by atoms with Crippen LogP contribution in [0.5, 0.6) is 0 Å². The number of benzene rings is 1. The zero-order chi connectivity index (χ0) is 12.9. The number of ether oxygens (including phenoxy) is 1. The molecule has 96 valence electrons. The molecule has 0 saturated carbocycles. The van der Waals surface area contributed by atoms with Crippen LogP contribution in [0.4, 0.5) is 10.1 Å². The second kappa shape index (κ2) is 5.98. The van der Waals surface area contributed by atoms with Crippen LogP contribution in [-0.2, 0) is 4.74 Å². The van der Waals surface area contributed by atoms with Gasteiger partial charge in [0, 0.05) is 20.7 Å². The third-order valence-electron chi connectivity index (χ3n) is 3.38. The van der Waals surface area contributed by atoms with E-state index in [0.717, 1.165) is 6.42 Å². The number of methoxy groups -OCH3 is 1. The van der Waals surface area contributed by atoms with E-state index in [4.69, 9.17) is 10.5 Å². The van der Waals surface area contributed by atoms with Crippen LogP contribution in [-0.4, -0.2) is 32.8 Å². The largest absolute Gasteiger partial charge is 0.382 e. The molecule has 0 bridgehead atoms. The lowest BCUT2D eigenvalue weighted by molar-refractivity contribution is 0.130. The average molecular weight is 240 g/mol. The first kappa shape index (κ1) is 13.9. The lowest BCUT2D eigenvalue weighted by Crippen LogP contribution is -2.55. The molecule has 2 N–H and O–H groups in total. The number of likely N-dealkylation sites (N-methyl/N-ethyl adjacent to an activating group) is 1. The van der Waals surface area contributed by atoms with Crippen LogP contribution < -0.4 is 10.6 Å². The van der Waals surface area contributed by atoms with Gasteiger partial charge in [0.05, 0.1) is 17.8 Å². The van der Waals surface area contributed by atoms with E-state index in [2.05, 4.69) is 0 Å².